The number of hydrogen-bond donors (Lipinski definition) is 1. The molecule has 6 heteroatoms. The predicted molar refractivity (Wildman–Crippen MR) is 83.5 cm³/mol. The number of halogens is 1. The van der Waals surface area contributed by atoms with E-state index in [1.807, 2.05) is 0 Å². The van der Waals surface area contributed by atoms with Crippen molar-refractivity contribution in [2.75, 3.05) is 0 Å². The van der Waals surface area contributed by atoms with E-state index in [9.17, 15) is 14.0 Å². The largest absolute Gasteiger partial charge is 0.350 e. The molecule has 2 aromatic rings. The van der Waals surface area contributed by atoms with Gasteiger partial charge in [0.2, 0.25) is 5.91 Å². The summed E-state index contributed by atoms with van der Waals surface area (Å²) in [5.41, 5.74) is 1.99. The average molecular weight is 315 g/mol. The predicted octanol–water partition coefficient (Wildman–Crippen LogP) is 1.75. The van der Waals surface area contributed by atoms with Gasteiger partial charge in [-0.2, -0.15) is 5.10 Å². The smallest absolute Gasteiger partial charge is 0.267 e. The van der Waals surface area contributed by atoms with E-state index in [4.69, 9.17) is 0 Å². The Labute approximate surface area is 133 Å². The second kappa shape index (κ2) is 6.32. The molecule has 0 aliphatic heterocycles. The summed E-state index contributed by atoms with van der Waals surface area (Å²) < 4.78 is 14.8. The van der Waals surface area contributed by atoms with Crippen LogP contribution in [0.5, 0.6) is 0 Å². The molecule has 0 bridgehead atoms. The molecule has 1 amide bonds. The van der Waals surface area contributed by atoms with Crippen LogP contribution >= 0.6 is 0 Å². The van der Waals surface area contributed by atoms with Crippen molar-refractivity contribution in [2.45, 2.75) is 38.8 Å². The Morgan fingerprint density at radius 3 is 2.96 bits per heavy atom. The second-order valence-corrected chi connectivity index (χ2v) is 5.74. The van der Waals surface area contributed by atoms with Crippen LogP contribution in [-0.4, -0.2) is 15.7 Å². The van der Waals surface area contributed by atoms with Crippen molar-refractivity contribution in [1.29, 1.82) is 0 Å². The molecular formula is C17H18FN3O2. The van der Waals surface area contributed by atoms with Gasteiger partial charge < -0.3 is 5.32 Å². The van der Waals surface area contributed by atoms with Crippen molar-refractivity contribution in [1.82, 2.24) is 15.1 Å². The molecule has 23 heavy (non-hydrogen) atoms. The molecule has 1 heterocycles. The zero-order valence-electron chi connectivity index (χ0n) is 12.9. The van der Waals surface area contributed by atoms with Gasteiger partial charge in [-0.05, 0) is 37.8 Å². The van der Waals surface area contributed by atoms with Crippen molar-refractivity contribution < 1.29 is 9.18 Å². The van der Waals surface area contributed by atoms with Crippen molar-refractivity contribution in [2.24, 2.45) is 0 Å². The number of nitrogens with zero attached hydrogens (tertiary/aromatic N) is 2. The fourth-order valence-corrected chi connectivity index (χ4v) is 2.78. The highest BCUT2D eigenvalue weighted by Crippen LogP contribution is 2.18. The molecule has 5 nitrogen and oxygen atoms in total. The number of aryl methyl sites for hydroxylation is 2. The van der Waals surface area contributed by atoms with E-state index in [-0.39, 0.29) is 23.8 Å². The number of hydrogen-bond acceptors (Lipinski definition) is 3. The minimum atomic E-state index is -0.736. The summed E-state index contributed by atoms with van der Waals surface area (Å²) in [6.07, 6.45) is 2.69. The van der Waals surface area contributed by atoms with Crippen molar-refractivity contribution in [3.05, 3.63) is 63.3 Å². The van der Waals surface area contributed by atoms with E-state index >= 15 is 0 Å². The third kappa shape index (κ3) is 3.16. The van der Waals surface area contributed by atoms with Crippen LogP contribution in [0.4, 0.5) is 4.39 Å². The lowest BCUT2D eigenvalue weighted by molar-refractivity contribution is -0.124. The first-order chi connectivity index (χ1) is 11.1. The monoisotopic (exact) mass is 315 g/mol. The summed E-state index contributed by atoms with van der Waals surface area (Å²) in [6.45, 7) is 1.70. The van der Waals surface area contributed by atoms with E-state index in [0.717, 1.165) is 30.5 Å². The molecule has 3 rings (SSSR count). The Balaban J connectivity index is 1.73. The first-order valence-corrected chi connectivity index (χ1v) is 7.69. The van der Waals surface area contributed by atoms with Gasteiger partial charge in [0.1, 0.15) is 11.9 Å². The third-order valence-corrected chi connectivity index (χ3v) is 4.14. The Bertz CT molecular complexity index is 801. The second-order valence-electron chi connectivity index (χ2n) is 5.74. The van der Waals surface area contributed by atoms with Gasteiger partial charge in [0.15, 0.2) is 0 Å². The van der Waals surface area contributed by atoms with Gasteiger partial charge in [0.25, 0.3) is 5.56 Å². The van der Waals surface area contributed by atoms with E-state index in [2.05, 4.69) is 10.4 Å². The molecule has 0 fully saturated rings. The number of aromatic nitrogens is 2. The maximum Gasteiger partial charge on any atom is 0.267 e. The average Bonchev–Trinajstić information content (AvgIpc) is 2.99. The zero-order valence-corrected chi connectivity index (χ0v) is 12.9. The number of carbonyl (C=O) groups excluding carboxylic acids is 1. The SMILES string of the molecule is CC(C(=O)NCc1ccccc1F)n1nc2c(cc1=O)CCC2. The highest BCUT2D eigenvalue weighted by molar-refractivity contribution is 5.79. The molecule has 1 unspecified atom stereocenters. The summed E-state index contributed by atoms with van der Waals surface area (Å²) >= 11 is 0. The molecule has 1 aliphatic rings. The third-order valence-electron chi connectivity index (χ3n) is 4.14. The quantitative estimate of drug-likeness (QED) is 0.935. The summed E-state index contributed by atoms with van der Waals surface area (Å²) in [5.74, 6) is -0.728. The Hall–Kier alpha value is -2.50. The fourth-order valence-electron chi connectivity index (χ4n) is 2.78. The first kappa shape index (κ1) is 15.4. The molecule has 1 N–H and O–H groups in total. The fraction of sp³-hybridized carbons (Fsp3) is 0.353. The number of rotatable bonds is 4. The van der Waals surface area contributed by atoms with Crippen molar-refractivity contribution in [3.63, 3.8) is 0 Å². The highest BCUT2D eigenvalue weighted by atomic mass is 19.1. The number of carbonyl (C=O) groups is 1. The molecule has 1 atom stereocenters. The Morgan fingerprint density at radius 1 is 1.39 bits per heavy atom. The molecule has 1 aromatic heterocycles. The summed E-state index contributed by atoms with van der Waals surface area (Å²) in [5, 5.41) is 6.97. The maximum atomic E-state index is 13.6. The standard InChI is InChI=1S/C17H18FN3O2/c1-11(17(23)19-10-13-5-2-3-7-14(13)18)21-16(22)9-12-6-4-8-15(12)20-21/h2-3,5,7,9,11H,4,6,8,10H2,1H3,(H,19,23). The zero-order chi connectivity index (χ0) is 16.4. The van der Waals surface area contributed by atoms with Crippen molar-refractivity contribution in [3.8, 4) is 0 Å². The minimum absolute atomic E-state index is 0.0789. The number of fused-ring (bicyclic) bond motifs is 1. The lowest BCUT2D eigenvalue weighted by atomic mass is 10.2. The Kier molecular flexibility index (Phi) is 4.23. The van der Waals surface area contributed by atoms with Gasteiger partial charge in [-0.1, -0.05) is 18.2 Å². The topological polar surface area (TPSA) is 64.0 Å². The van der Waals surface area contributed by atoms with Gasteiger partial charge in [0, 0.05) is 18.2 Å². The van der Waals surface area contributed by atoms with Crippen LogP contribution in [0.15, 0.2) is 35.1 Å². The molecule has 0 saturated carbocycles. The van der Waals surface area contributed by atoms with Gasteiger partial charge in [0.05, 0.1) is 5.69 Å². The minimum Gasteiger partial charge on any atom is -0.350 e. The lowest BCUT2D eigenvalue weighted by Gasteiger charge is -2.15. The maximum absolute atomic E-state index is 13.6. The summed E-state index contributed by atoms with van der Waals surface area (Å²) in [4.78, 5) is 24.4. The van der Waals surface area contributed by atoms with Gasteiger partial charge in [-0.25, -0.2) is 9.07 Å². The van der Waals surface area contributed by atoms with Crippen LogP contribution in [0, 0.1) is 5.82 Å². The van der Waals surface area contributed by atoms with E-state index in [0.29, 0.717) is 5.56 Å². The number of amides is 1. The number of nitrogens with one attached hydrogen (secondary N) is 1. The normalized spacial score (nSPS) is 14.3. The molecule has 1 aromatic carbocycles. The Morgan fingerprint density at radius 2 is 2.17 bits per heavy atom. The lowest BCUT2D eigenvalue weighted by Crippen LogP contribution is -2.37. The van der Waals surface area contributed by atoms with E-state index in [1.165, 1.54) is 10.7 Å². The molecule has 120 valence electrons. The molecule has 0 spiro atoms. The molecular weight excluding hydrogens is 297 g/mol. The van der Waals surface area contributed by atoms with Gasteiger partial charge in [-0.15, -0.1) is 0 Å². The summed E-state index contributed by atoms with van der Waals surface area (Å²) in [7, 11) is 0. The highest BCUT2D eigenvalue weighted by Gasteiger charge is 2.21. The van der Waals surface area contributed by atoms with Gasteiger partial charge >= 0.3 is 0 Å². The van der Waals surface area contributed by atoms with Crippen LogP contribution in [-0.2, 0) is 24.2 Å². The van der Waals surface area contributed by atoms with E-state index in [1.54, 1.807) is 31.2 Å². The van der Waals surface area contributed by atoms with E-state index < -0.39 is 6.04 Å². The van der Waals surface area contributed by atoms with Crippen LogP contribution in [0.1, 0.15) is 36.2 Å². The van der Waals surface area contributed by atoms with Gasteiger partial charge in [-0.3, -0.25) is 9.59 Å². The molecule has 0 radical (unpaired) electrons. The summed E-state index contributed by atoms with van der Waals surface area (Å²) in [6, 6.07) is 7.09. The van der Waals surface area contributed by atoms with Crippen LogP contribution in [0.3, 0.4) is 0 Å². The van der Waals surface area contributed by atoms with Crippen LogP contribution in [0.25, 0.3) is 0 Å². The first-order valence-electron chi connectivity index (χ1n) is 7.69. The van der Waals surface area contributed by atoms with Crippen molar-refractivity contribution >= 4 is 5.91 Å². The number of benzene rings is 1. The molecule has 0 saturated heterocycles. The van der Waals surface area contributed by atoms with Crippen LogP contribution < -0.4 is 10.9 Å². The molecule has 1 aliphatic carbocycles. The van der Waals surface area contributed by atoms with Crippen LogP contribution in [0.2, 0.25) is 0 Å².